The first-order chi connectivity index (χ1) is 14.4. The topological polar surface area (TPSA) is 126 Å². The van der Waals surface area contributed by atoms with E-state index in [9.17, 15) is 19.5 Å². The standard InChI is InChI=1S/C22H24N4O4/c1-22(26-21(29)30,11-16-12-23-18-10-6-5-9-17(16)18)20(28)24-13-19(25-14-27)15-7-3-2-4-8-15/h2-10,12,14,19,23,26H,11,13H2,1H3,(H,24,28)(H,25,27)(H,29,30)/p-1. The van der Waals surface area contributed by atoms with Gasteiger partial charge in [-0.3, -0.25) is 9.59 Å². The van der Waals surface area contributed by atoms with Crippen molar-refractivity contribution in [2.24, 2.45) is 0 Å². The van der Waals surface area contributed by atoms with E-state index >= 15 is 0 Å². The number of amides is 3. The van der Waals surface area contributed by atoms with Gasteiger partial charge in [0, 0.05) is 30.1 Å². The van der Waals surface area contributed by atoms with Gasteiger partial charge < -0.3 is 30.8 Å². The molecule has 0 bridgehead atoms. The number of carbonyl (C=O) groups is 3. The number of para-hydroxylation sites is 1. The Kier molecular flexibility index (Phi) is 6.36. The van der Waals surface area contributed by atoms with Gasteiger partial charge in [0.1, 0.15) is 11.6 Å². The monoisotopic (exact) mass is 407 g/mol. The summed E-state index contributed by atoms with van der Waals surface area (Å²) < 4.78 is 0. The SMILES string of the molecule is CC(Cc1c[nH]c2ccccc12)(NC(=O)[O-])C(=O)NCC(NC=O)c1ccccc1. The molecule has 8 nitrogen and oxygen atoms in total. The Balaban J connectivity index is 1.79. The molecule has 0 aliphatic heterocycles. The van der Waals surface area contributed by atoms with Gasteiger partial charge in [0.2, 0.25) is 12.3 Å². The number of hydrogen-bond donors (Lipinski definition) is 4. The summed E-state index contributed by atoms with van der Waals surface area (Å²) in [4.78, 5) is 38.4. The Labute approximate surface area is 173 Å². The van der Waals surface area contributed by atoms with E-state index in [4.69, 9.17) is 0 Å². The van der Waals surface area contributed by atoms with Crippen LogP contribution in [0.3, 0.4) is 0 Å². The summed E-state index contributed by atoms with van der Waals surface area (Å²) in [5.74, 6) is -0.523. The number of aromatic nitrogens is 1. The van der Waals surface area contributed by atoms with Crippen molar-refractivity contribution in [2.75, 3.05) is 6.54 Å². The second-order valence-electron chi connectivity index (χ2n) is 7.24. The molecule has 3 rings (SSSR count). The van der Waals surface area contributed by atoms with E-state index in [2.05, 4.69) is 20.9 Å². The zero-order valence-electron chi connectivity index (χ0n) is 16.5. The van der Waals surface area contributed by atoms with E-state index in [1.54, 1.807) is 6.20 Å². The Morgan fingerprint density at radius 1 is 1.13 bits per heavy atom. The van der Waals surface area contributed by atoms with Crippen molar-refractivity contribution < 1.29 is 19.5 Å². The highest BCUT2D eigenvalue weighted by atomic mass is 16.4. The fraction of sp³-hybridized carbons (Fsp3) is 0.227. The summed E-state index contributed by atoms with van der Waals surface area (Å²) in [6.07, 6.45) is 0.897. The molecule has 0 spiro atoms. The van der Waals surface area contributed by atoms with Crippen LogP contribution in [0.5, 0.6) is 0 Å². The molecule has 30 heavy (non-hydrogen) atoms. The van der Waals surface area contributed by atoms with Gasteiger partial charge in [-0.05, 0) is 24.1 Å². The van der Waals surface area contributed by atoms with Gasteiger partial charge in [-0.1, -0.05) is 48.5 Å². The average molecular weight is 407 g/mol. The van der Waals surface area contributed by atoms with Crippen molar-refractivity contribution in [2.45, 2.75) is 24.9 Å². The predicted octanol–water partition coefficient (Wildman–Crippen LogP) is 1.01. The molecule has 1 aromatic heterocycles. The van der Waals surface area contributed by atoms with Gasteiger partial charge in [-0.15, -0.1) is 0 Å². The van der Waals surface area contributed by atoms with Gasteiger partial charge in [0.05, 0.1) is 6.04 Å². The molecule has 0 aliphatic carbocycles. The molecule has 0 saturated heterocycles. The number of hydrogen-bond acceptors (Lipinski definition) is 4. The third kappa shape index (κ3) is 4.78. The summed E-state index contributed by atoms with van der Waals surface area (Å²) in [5.41, 5.74) is 1.04. The minimum absolute atomic E-state index is 0.0970. The highest BCUT2D eigenvalue weighted by molar-refractivity contribution is 5.91. The van der Waals surface area contributed by atoms with E-state index in [-0.39, 0.29) is 13.0 Å². The Hall–Kier alpha value is -3.81. The summed E-state index contributed by atoms with van der Waals surface area (Å²) >= 11 is 0. The number of nitrogens with one attached hydrogen (secondary N) is 4. The summed E-state index contributed by atoms with van der Waals surface area (Å²) in [5, 5.41) is 19.9. The summed E-state index contributed by atoms with van der Waals surface area (Å²) in [7, 11) is 0. The van der Waals surface area contributed by atoms with Crippen LogP contribution in [0, 0.1) is 0 Å². The van der Waals surface area contributed by atoms with Crippen molar-refractivity contribution in [3.05, 3.63) is 71.9 Å². The normalized spacial score (nSPS) is 13.8. The quantitative estimate of drug-likeness (QED) is 0.395. The molecule has 0 fully saturated rings. The molecule has 0 radical (unpaired) electrons. The summed E-state index contributed by atoms with van der Waals surface area (Å²) in [6, 6.07) is 16.3. The van der Waals surface area contributed by atoms with E-state index < -0.39 is 23.6 Å². The van der Waals surface area contributed by atoms with Gasteiger partial charge in [0.25, 0.3) is 0 Å². The second kappa shape index (κ2) is 9.13. The lowest BCUT2D eigenvalue weighted by molar-refractivity contribution is -0.252. The molecule has 3 amide bonds. The maximum Gasteiger partial charge on any atom is 0.245 e. The highest BCUT2D eigenvalue weighted by Crippen LogP contribution is 2.23. The van der Waals surface area contributed by atoms with Crippen molar-refractivity contribution in [3.8, 4) is 0 Å². The maximum absolute atomic E-state index is 13.0. The van der Waals surface area contributed by atoms with E-state index in [0.717, 1.165) is 22.0 Å². The van der Waals surface area contributed by atoms with E-state index in [1.165, 1.54) is 6.92 Å². The van der Waals surface area contributed by atoms with Crippen LogP contribution in [0.15, 0.2) is 60.8 Å². The van der Waals surface area contributed by atoms with Gasteiger partial charge in [-0.2, -0.15) is 0 Å². The Morgan fingerprint density at radius 2 is 1.83 bits per heavy atom. The smallest absolute Gasteiger partial charge is 0.245 e. The molecule has 2 unspecified atom stereocenters. The molecule has 4 N–H and O–H groups in total. The number of aromatic amines is 1. The molecule has 2 atom stereocenters. The van der Waals surface area contributed by atoms with Crippen LogP contribution in [0.4, 0.5) is 4.79 Å². The molecular formula is C22H23N4O4-. The lowest BCUT2D eigenvalue weighted by atomic mass is 9.91. The van der Waals surface area contributed by atoms with Crippen molar-refractivity contribution >= 4 is 29.3 Å². The first-order valence-corrected chi connectivity index (χ1v) is 9.50. The van der Waals surface area contributed by atoms with Crippen LogP contribution in [0.25, 0.3) is 10.9 Å². The zero-order valence-corrected chi connectivity index (χ0v) is 16.5. The van der Waals surface area contributed by atoms with Crippen LogP contribution >= 0.6 is 0 Å². The fourth-order valence-corrected chi connectivity index (χ4v) is 3.50. The first kappa shape index (κ1) is 20.9. The molecule has 8 heteroatoms. The molecular weight excluding hydrogens is 384 g/mol. The number of benzene rings is 2. The lowest BCUT2D eigenvalue weighted by Crippen LogP contribution is -2.61. The molecule has 1 heterocycles. The molecule has 3 aromatic rings. The van der Waals surface area contributed by atoms with Crippen LogP contribution in [0.1, 0.15) is 24.1 Å². The van der Waals surface area contributed by atoms with Crippen LogP contribution < -0.4 is 21.1 Å². The number of fused-ring (bicyclic) bond motifs is 1. The average Bonchev–Trinajstić information content (AvgIpc) is 3.13. The Morgan fingerprint density at radius 3 is 2.53 bits per heavy atom. The number of carbonyl (C=O) groups excluding carboxylic acids is 3. The molecule has 0 saturated carbocycles. The molecule has 156 valence electrons. The van der Waals surface area contributed by atoms with E-state index in [0.29, 0.717) is 6.41 Å². The number of carboxylic acid groups (broad SMARTS) is 1. The van der Waals surface area contributed by atoms with Gasteiger partial charge >= 0.3 is 0 Å². The maximum atomic E-state index is 13.0. The minimum atomic E-state index is -1.54. The Bertz CT molecular complexity index is 1030. The third-order valence-electron chi connectivity index (χ3n) is 5.04. The zero-order chi connectivity index (χ0) is 21.6. The van der Waals surface area contributed by atoms with Gasteiger partial charge in [-0.25, -0.2) is 0 Å². The summed E-state index contributed by atoms with van der Waals surface area (Å²) in [6.45, 7) is 1.60. The molecule has 2 aromatic carbocycles. The highest BCUT2D eigenvalue weighted by Gasteiger charge is 2.34. The van der Waals surface area contributed by atoms with Crippen LogP contribution in [-0.4, -0.2) is 35.5 Å². The van der Waals surface area contributed by atoms with Crippen LogP contribution in [0.2, 0.25) is 0 Å². The van der Waals surface area contributed by atoms with Gasteiger partial charge in [0.15, 0.2) is 0 Å². The van der Waals surface area contributed by atoms with Crippen molar-refractivity contribution in [1.82, 2.24) is 20.9 Å². The first-order valence-electron chi connectivity index (χ1n) is 9.50. The predicted molar refractivity (Wildman–Crippen MR) is 110 cm³/mol. The lowest BCUT2D eigenvalue weighted by Gasteiger charge is -2.31. The number of rotatable bonds is 9. The van der Waals surface area contributed by atoms with Crippen LogP contribution in [-0.2, 0) is 16.0 Å². The fourth-order valence-electron chi connectivity index (χ4n) is 3.50. The minimum Gasteiger partial charge on any atom is -0.530 e. The third-order valence-corrected chi connectivity index (χ3v) is 5.04. The molecule has 0 aliphatic rings. The number of H-pyrrole nitrogens is 1. The second-order valence-corrected chi connectivity index (χ2v) is 7.24. The largest absolute Gasteiger partial charge is 0.530 e. The van der Waals surface area contributed by atoms with E-state index in [1.807, 2.05) is 54.6 Å². The van der Waals surface area contributed by atoms with Crippen molar-refractivity contribution in [3.63, 3.8) is 0 Å². The van der Waals surface area contributed by atoms with Crippen molar-refractivity contribution in [1.29, 1.82) is 0 Å².